The zero-order valence-corrected chi connectivity index (χ0v) is 15.8. The van der Waals surface area contributed by atoms with Gasteiger partial charge in [0.05, 0.1) is 13.5 Å². The molecule has 0 fully saturated rings. The van der Waals surface area contributed by atoms with E-state index < -0.39 is 0 Å². The van der Waals surface area contributed by atoms with E-state index in [2.05, 4.69) is 36.3 Å². The van der Waals surface area contributed by atoms with Crippen molar-refractivity contribution < 1.29 is 9.53 Å². The van der Waals surface area contributed by atoms with Crippen molar-refractivity contribution in [2.45, 2.75) is 33.6 Å². The van der Waals surface area contributed by atoms with Crippen LogP contribution in [0.2, 0.25) is 0 Å². The number of nitrogens with one attached hydrogen (secondary N) is 1. The van der Waals surface area contributed by atoms with Gasteiger partial charge >= 0.3 is 0 Å². The van der Waals surface area contributed by atoms with E-state index in [0.717, 1.165) is 41.1 Å². The largest absolute Gasteiger partial charge is 0.497 e. The van der Waals surface area contributed by atoms with E-state index >= 15 is 0 Å². The summed E-state index contributed by atoms with van der Waals surface area (Å²) in [4.78, 5) is 14.7. The van der Waals surface area contributed by atoms with E-state index in [9.17, 15) is 4.79 Å². The van der Waals surface area contributed by atoms with E-state index in [-0.39, 0.29) is 5.91 Å². The fourth-order valence-electron chi connectivity index (χ4n) is 2.97. The first-order chi connectivity index (χ1) is 11.9. The van der Waals surface area contributed by atoms with Gasteiger partial charge in [-0.05, 0) is 61.2 Å². The van der Waals surface area contributed by atoms with Crippen LogP contribution in [-0.2, 0) is 11.2 Å². The van der Waals surface area contributed by atoms with Crippen LogP contribution in [0.5, 0.6) is 5.75 Å². The second-order valence-corrected chi connectivity index (χ2v) is 6.45. The first kappa shape index (κ1) is 18.8. The van der Waals surface area contributed by atoms with Crippen LogP contribution in [0.3, 0.4) is 0 Å². The van der Waals surface area contributed by atoms with Crippen LogP contribution in [0.25, 0.3) is 0 Å². The summed E-state index contributed by atoms with van der Waals surface area (Å²) in [5, 5.41) is 3.06. The number of nitrogens with zero attached hydrogens (tertiary/aromatic N) is 1. The number of methoxy groups -OCH3 is 1. The molecule has 0 radical (unpaired) electrons. The average molecular weight is 340 g/mol. The first-order valence-electron chi connectivity index (χ1n) is 8.69. The van der Waals surface area contributed by atoms with Gasteiger partial charge in [-0.3, -0.25) is 4.79 Å². The van der Waals surface area contributed by atoms with Crippen molar-refractivity contribution in [3.63, 3.8) is 0 Å². The summed E-state index contributed by atoms with van der Waals surface area (Å²) in [6, 6.07) is 11.9. The number of anilines is 2. The first-order valence-corrected chi connectivity index (χ1v) is 8.69. The zero-order valence-electron chi connectivity index (χ0n) is 15.8. The molecular weight excluding hydrogens is 312 g/mol. The number of aryl methyl sites for hydroxylation is 2. The maximum atomic E-state index is 12.4. The van der Waals surface area contributed by atoms with Gasteiger partial charge in [0.2, 0.25) is 5.91 Å². The van der Waals surface area contributed by atoms with Crippen LogP contribution in [0, 0.1) is 13.8 Å². The van der Waals surface area contributed by atoms with Gasteiger partial charge in [0.15, 0.2) is 0 Å². The van der Waals surface area contributed by atoms with Crippen LogP contribution in [0.4, 0.5) is 11.4 Å². The van der Waals surface area contributed by atoms with Crippen molar-refractivity contribution in [2.24, 2.45) is 0 Å². The predicted octanol–water partition coefficient (Wildman–Crippen LogP) is 4.34. The Kier molecular flexibility index (Phi) is 6.45. The fraction of sp³-hybridized carbons (Fsp3) is 0.381. The second-order valence-electron chi connectivity index (χ2n) is 6.45. The Labute approximate surface area is 150 Å². The molecule has 0 aromatic heterocycles. The van der Waals surface area contributed by atoms with Gasteiger partial charge in [-0.2, -0.15) is 0 Å². The number of ether oxygens (including phenoxy) is 1. The minimum Gasteiger partial charge on any atom is -0.497 e. The molecule has 0 unspecified atom stereocenters. The predicted molar refractivity (Wildman–Crippen MR) is 105 cm³/mol. The van der Waals surface area contributed by atoms with Gasteiger partial charge < -0.3 is 15.0 Å². The van der Waals surface area contributed by atoms with E-state index in [4.69, 9.17) is 4.74 Å². The van der Waals surface area contributed by atoms with Crippen molar-refractivity contribution in [2.75, 3.05) is 30.9 Å². The molecule has 0 bridgehead atoms. The standard InChI is InChI=1S/C21H28N2O2/c1-6-10-23(4)18-11-15(2)21(16(3)12-18)22-20(24)14-17-8-7-9-19(13-17)25-5/h7-9,11-13H,6,10,14H2,1-5H3,(H,22,24). The second kappa shape index (κ2) is 8.56. The van der Waals surface area contributed by atoms with E-state index in [1.807, 2.05) is 38.1 Å². The number of hydrogen-bond donors (Lipinski definition) is 1. The maximum Gasteiger partial charge on any atom is 0.228 e. The zero-order chi connectivity index (χ0) is 18.4. The SMILES string of the molecule is CCCN(C)c1cc(C)c(NC(=O)Cc2cccc(OC)c2)c(C)c1. The van der Waals surface area contributed by atoms with E-state index in [0.29, 0.717) is 6.42 Å². The summed E-state index contributed by atoms with van der Waals surface area (Å²) >= 11 is 0. The Hall–Kier alpha value is -2.49. The molecule has 2 aromatic rings. The molecule has 0 atom stereocenters. The number of carbonyl (C=O) groups excluding carboxylic acids is 1. The van der Waals surface area contributed by atoms with Gasteiger partial charge in [0.25, 0.3) is 0 Å². The molecule has 2 rings (SSSR count). The summed E-state index contributed by atoms with van der Waals surface area (Å²) in [7, 11) is 3.72. The topological polar surface area (TPSA) is 41.6 Å². The van der Waals surface area contributed by atoms with Crippen molar-refractivity contribution >= 4 is 17.3 Å². The van der Waals surface area contributed by atoms with Crippen LogP contribution in [-0.4, -0.2) is 26.6 Å². The third-order valence-electron chi connectivity index (χ3n) is 4.28. The number of amides is 1. The lowest BCUT2D eigenvalue weighted by Gasteiger charge is -2.21. The Morgan fingerprint density at radius 3 is 2.44 bits per heavy atom. The monoisotopic (exact) mass is 340 g/mol. The number of benzene rings is 2. The number of rotatable bonds is 7. The quantitative estimate of drug-likeness (QED) is 0.815. The molecule has 0 spiro atoms. The number of carbonyl (C=O) groups is 1. The molecule has 1 N–H and O–H groups in total. The molecule has 25 heavy (non-hydrogen) atoms. The van der Waals surface area contributed by atoms with Gasteiger partial charge in [0.1, 0.15) is 5.75 Å². The maximum absolute atomic E-state index is 12.4. The van der Waals surface area contributed by atoms with Gasteiger partial charge in [-0.25, -0.2) is 0 Å². The van der Waals surface area contributed by atoms with Gasteiger partial charge in [-0.1, -0.05) is 19.1 Å². The summed E-state index contributed by atoms with van der Waals surface area (Å²) in [5.74, 6) is 0.745. The Morgan fingerprint density at radius 2 is 1.84 bits per heavy atom. The highest BCUT2D eigenvalue weighted by Gasteiger charge is 2.11. The third-order valence-corrected chi connectivity index (χ3v) is 4.28. The summed E-state index contributed by atoms with van der Waals surface area (Å²) in [6.45, 7) is 7.26. The molecule has 134 valence electrons. The molecule has 4 heteroatoms. The van der Waals surface area contributed by atoms with Gasteiger partial charge in [0, 0.05) is 25.0 Å². The Balaban J connectivity index is 2.12. The molecule has 0 saturated carbocycles. The molecule has 0 aliphatic carbocycles. The molecule has 1 amide bonds. The fourth-order valence-corrected chi connectivity index (χ4v) is 2.97. The summed E-state index contributed by atoms with van der Waals surface area (Å²) in [5.41, 5.74) is 5.18. The minimum absolute atomic E-state index is 0.0193. The van der Waals surface area contributed by atoms with Crippen molar-refractivity contribution in [3.8, 4) is 5.75 Å². The molecule has 2 aromatic carbocycles. The van der Waals surface area contributed by atoms with E-state index in [1.54, 1.807) is 7.11 Å². The molecule has 0 saturated heterocycles. The lowest BCUT2D eigenvalue weighted by atomic mass is 10.1. The smallest absolute Gasteiger partial charge is 0.228 e. The van der Waals surface area contributed by atoms with Crippen molar-refractivity contribution in [1.29, 1.82) is 0 Å². The van der Waals surface area contributed by atoms with Crippen LogP contribution in [0.1, 0.15) is 30.0 Å². The number of hydrogen-bond acceptors (Lipinski definition) is 3. The highest BCUT2D eigenvalue weighted by atomic mass is 16.5. The molecule has 0 heterocycles. The lowest BCUT2D eigenvalue weighted by Crippen LogP contribution is -2.19. The Morgan fingerprint density at radius 1 is 1.16 bits per heavy atom. The Bertz CT molecular complexity index is 717. The molecular formula is C21H28N2O2. The molecule has 4 nitrogen and oxygen atoms in total. The van der Waals surface area contributed by atoms with E-state index in [1.165, 1.54) is 5.69 Å². The minimum atomic E-state index is -0.0193. The normalized spacial score (nSPS) is 10.4. The highest BCUT2D eigenvalue weighted by molar-refractivity contribution is 5.94. The molecule has 0 aliphatic rings. The third kappa shape index (κ3) is 4.99. The van der Waals surface area contributed by atoms with Crippen molar-refractivity contribution in [1.82, 2.24) is 0 Å². The lowest BCUT2D eigenvalue weighted by molar-refractivity contribution is -0.115. The van der Waals surface area contributed by atoms with Crippen LogP contribution >= 0.6 is 0 Å². The molecule has 0 aliphatic heterocycles. The summed E-state index contributed by atoms with van der Waals surface area (Å²) < 4.78 is 5.21. The van der Waals surface area contributed by atoms with Gasteiger partial charge in [-0.15, -0.1) is 0 Å². The van der Waals surface area contributed by atoms with Crippen LogP contribution < -0.4 is 15.0 Å². The summed E-state index contributed by atoms with van der Waals surface area (Å²) in [6.07, 6.45) is 1.43. The van der Waals surface area contributed by atoms with Crippen LogP contribution in [0.15, 0.2) is 36.4 Å². The average Bonchev–Trinajstić information content (AvgIpc) is 2.58. The highest BCUT2D eigenvalue weighted by Crippen LogP contribution is 2.27. The van der Waals surface area contributed by atoms with Crippen molar-refractivity contribution in [3.05, 3.63) is 53.1 Å².